The second-order valence-electron chi connectivity index (χ2n) is 7.09. The molecule has 0 aliphatic carbocycles. The summed E-state index contributed by atoms with van der Waals surface area (Å²) in [4.78, 5) is 12.2. The third-order valence-corrected chi connectivity index (χ3v) is 5.20. The molecule has 4 nitrogen and oxygen atoms in total. The van der Waals surface area contributed by atoms with Crippen molar-refractivity contribution in [3.63, 3.8) is 0 Å². The molecule has 2 unspecified atom stereocenters. The number of piperidine rings is 1. The van der Waals surface area contributed by atoms with E-state index in [-0.39, 0.29) is 5.91 Å². The summed E-state index contributed by atoms with van der Waals surface area (Å²) >= 11 is 0. The first-order chi connectivity index (χ1) is 11.1. The summed E-state index contributed by atoms with van der Waals surface area (Å²) in [6.45, 7) is 2.75. The van der Waals surface area contributed by atoms with Gasteiger partial charge in [0.2, 0.25) is 5.91 Å². The summed E-state index contributed by atoms with van der Waals surface area (Å²) in [5.41, 5.74) is 2.38. The van der Waals surface area contributed by atoms with Crippen molar-refractivity contribution in [1.29, 1.82) is 0 Å². The Labute approximate surface area is 139 Å². The van der Waals surface area contributed by atoms with E-state index in [4.69, 9.17) is 4.74 Å². The van der Waals surface area contributed by atoms with Gasteiger partial charge in [-0.05, 0) is 56.6 Å². The number of amides is 1. The summed E-state index contributed by atoms with van der Waals surface area (Å²) in [7, 11) is 1.69. The van der Waals surface area contributed by atoms with Gasteiger partial charge in [0.05, 0.1) is 7.11 Å². The van der Waals surface area contributed by atoms with Gasteiger partial charge in [0, 0.05) is 25.0 Å². The van der Waals surface area contributed by atoms with Crippen molar-refractivity contribution in [1.82, 2.24) is 10.6 Å². The maximum Gasteiger partial charge on any atom is 0.220 e. The fourth-order valence-electron chi connectivity index (χ4n) is 4.12. The standard InChI is InChI=1S/C19H28N2O2/c1-13-3-6-18(23-2)15(9-13)7-8-20-19(22)12-14-10-16-4-5-17(11-14)21-16/h3,6,9,14,16-17,21H,4-5,7-8,10-12H2,1-2H3,(H,20,22). The molecule has 1 aromatic carbocycles. The van der Waals surface area contributed by atoms with Crippen molar-refractivity contribution in [2.75, 3.05) is 13.7 Å². The maximum atomic E-state index is 12.2. The first-order valence-electron chi connectivity index (χ1n) is 8.80. The molecule has 0 spiro atoms. The Morgan fingerprint density at radius 3 is 2.74 bits per heavy atom. The normalized spacial score (nSPS) is 26.1. The van der Waals surface area contributed by atoms with Crippen molar-refractivity contribution in [2.45, 2.75) is 57.5 Å². The molecule has 2 saturated heterocycles. The lowest BCUT2D eigenvalue weighted by Crippen LogP contribution is -2.39. The van der Waals surface area contributed by atoms with E-state index in [1.165, 1.54) is 18.4 Å². The van der Waals surface area contributed by atoms with Gasteiger partial charge in [-0.2, -0.15) is 0 Å². The van der Waals surface area contributed by atoms with E-state index in [0.717, 1.165) is 30.6 Å². The lowest BCUT2D eigenvalue weighted by Gasteiger charge is -2.28. The number of aryl methyl sites for hydroxylation is 1. The summed E-state index contributed by atoms with van der Waals surface area (Å²) in [6, 6.07) is 7.49. The fraction of sp³-hybridized carbons (Fsp3) is 0.632. The zero-order chi connectivity index (χ0) is 16.2. The zero-order valence-electron chi connectivity index (χ0n) is 14.2. The molecular formula is C19H28N2O2. The van der Waals surface area contributed by atoms with Crippen LogP contribution in [0.2, 0.25) is 0 Å². The van der Waals surface area contributed by atoms with E-state index in [0.29, 0.717) is 31.0 Å². The average Bonchev–Trinajstić information content (AvgIpc) is 2.86. The van der Waals surface area contributed by atoms with Crippen LogP contribution in [-0.2, 0) is 11.2 Å². The van der Waals surface area contributed by atoms with Gasteiger partial charge in [-0.25, -0.2) is 0 Å². The number of nitrogens with one attached hydrogen (secondary N) is 2. The van der Waals surface area contributed by atoms with Gasteiger partial charge in [0.15, 0.2) is 0 Å². The zero-order valence-corrected chi connectivity index (χ0v) is 14.2. The average molecular weight is 316 g/mol. The molecule has 0 aromatic heterocycles. The van der Waals surface area contributed by atoms with Crippen molar-refractivity contribution < 1.29 is 9.53 Å². The lowest BCUT2D eigenvalue weighted by atomic mass is 9.89. The Balaban J connectivity index is 1.43. The van der Waals surface area contributed by atoms with Gasteiger partial charge in [-0.1, -0.05) is 17.7 Å². The van der Waals surface area contributed by atoms with Crippen LogP contribution in [-0.4, -0.2) is 31.6 Å². The second kappa shape index (κ2) is 7.35. The summed E-state index contributed by atoms with van der Waals surface area (Å²) in [6.07, 6.45) is 6.39. The highest BCUT2D eigenvalue weighted by Crippen LogP contribution is 2.32. The topological polar surface area (TPSA) is 50.4 Å². The SMILES string of the molecule is COc1ccc(C)cc1CCNC(=O)CC1CC2CCC(C1)N2. The van der Waals surface area contributed by atoms with Gasteiger partial charge in [-0.3, -0.25) is 4.79 Å². The smallest absolute Gasteiger partial charge is 0.220 e. The van der Waals surface area contributed by atoms with Crippen LogP contribution in [0, 0.1) is 12.8 Å². The summed E-state index contributed by atoms with van der Waals surface area (Å²) in [5.74, 6) is 1.66. The first-order valence-corrected chi connectivity index (χ1v) is 8.80. The molecule has 0 radical (unpaired) electrons. The number of rotatable bonds is 6. The van der Waals surface area contributed by atoms with E-state index in [9.17, 15) is 4.79 Å². The predicted octanol–water partition coefficient (Wildman–Crippen LogP) is 2.58. The number of benzene rings is 1. The molecule has 2 aliphatic heterocycles. The van der Waals surface area contributed by atoms with Gasteiger partial charge in [0.25, 0.3) is 0 Å². The summed E-state index contributed by atoms with van der Waals surface area (Å²) in [5, 5.41) is 6.71. The monoisotopic (exact) mass is 316 g/mol. The van der Waals surface area contributed by atoms with Gasteiger partial charge in [-0.15, -0.1) is 0 Å². The Bertz CT molecular complexity index is 546. The Hall–Kier alpha value is -1.55. The molecule has 2 heterocycles. The minimum Gasteiger partial charge on any atom is -0.496 e. The van der Waals surface area contributed by atoms with Crippen LogP contribution in [0.25, 0.3) is 0 Å². The van der Waals surface area contributed by atoms with E-state index < -0.39 is 0 Å². The van der Waals surface area contributed by atoms with Gasteiger partial charge < -0.3 is 15.4 Å². The molecule has 0 saturated carbocycles. The highest BCUT2D eigenvalue weighted by molar-refractivity contribution is 5.76. The molecule has 23 heavy (non-hydrogen) atoms. The van der Waals surface area contributed by atoms with Crippen molar-refractivity contribution >= 4 is 5.91 Å². The van der Waals surface area contributed by atoms with Crippen LogP contribution < -0.4 is 15.4 Å². The highest BCUT2D eigenvalue weighted by atomic mass is 16.5. The van der Waals surface area contributed by atoms with E-state index in [1.807, 2.05) is 12.1 Å². The van der Waals surface area contributed by atoms with Gasteiger partial charge >= 0.3 is 0 Å². The lowest BCUT2D eigenvalue weighted by molar-refractivity contribution is -0.122. The Morgan fingerprint density at radius 2 is 2.04 bits per heavy atom. The second-order valence-corrected chi connectivity index (χ2v) is 7.09. The Kier molecular flexibility index (Phi) is 5.21. The van der Waals surface area contributed by atoms with Crippen LogP contribution >= 0.6 is 0 Å². The molecular weight excluding hydrogens is 288 g/mol. The maximum absolute atomic E-state index is 12.2. The molecule has 2 atom stereocenters. The van der Waals surface area contributed by atoms with Crippen LogP contribution in [0.5, 0.6) is 5.75 Å². The van der Waals surface area contributed by atoms with Crippen LogP contribution in [0.4, 0.5) is 0 Å². The number of hydrogen-bond donors (Lipinski definition) is 2. The number of hydrogen-bond acceptors (Lipinski definition) is 3. The molecule has 2 N–H and O–H groups in total. The quantitative estimate of drug-likeness (QED) is 0.848. The van der Waals surface area contributed by atoms with Crippen molar-refractivity contribution in [3.05, 3.63) is 29.3 Å². The molecule has 4 heteroatoms. The minimum atomic E-state index is 0.197. The third kappa shape index (κ3) is 4.25. The fourth-order valence-corrected chi connectivity index (χ4v) is 4.12. The molecule has 2 aliphatic rings. The van der Waals surface area contributed by atoms with Crippen molar-refractivity contribution in [3.8, 4) is 5.75 Å². The highest BCUT2D eigenvalue weighted by Gasteiger charge is 2.34. The molecule has 2 bridgehead atoms. The summed E-state index contributed by atoms with van der Waals surface area (Å²) < 4.78 is 5.39. The number of ether oxygens (including phenoxy) is 1. The number of carbonyl (C=O) groups is 1. The molecule has 126 valence electrons. The minimum absolute atomic E-state index is 0.197. The van der Waals surface area contributed by atoms with Crippen molar-refractivity contribution in [2.24, 2.45) is 5.92 Å². The molecule has 1 aromatic rings. The number of methoxy groups -OCH3 is 1. The first kappa shape index (κ1) is 16.3. The van der Waals surface area contributed by atoms with Crippen LogP contribution in [0.3, 0.4) is 0 Å². The predicted molar refractivity (Wildman–Crippen MR) is 91.7 cm³/mol. The number of fused-ring (bicyclic) bond motifs is 2. The number of carbonyl (C=O) groups excluding carboxylic acids is 1. The largest absolute Gasteiger partial charge is 0.496 e. The van der Waals surface area contributed by atoms with E-state index in [2.05, 4.69) is 23.6 Å². The Morgan fingerprint density at radius 1 is 1.30 bits per heavy atom. The molecule has 3 rings (SSSR count). The third-order valence-electron chi connectivity index (χ3n) is 5.20. The molecule has 2 fully saturated rings. The molecule has 1 amide bonds. The van der Waals surface area contributed by atoms with Crippen LogP contribution in [0.1, 0.15) is 43.2 Å². The van der Waals surface area contributed by atoms with E-state index in [1.54, 1.807) is 7.11 Å². The van der Waals surface area contributed by atoms with Crippen LogP contribution in [0.15, 0.2) is 18.2 Å². The van der Waals surface area contributed by atoms with E-state index >= 15 is 0 Å². The van der Waals surface area contributed by atoms with Gasteiger partial charge in [0.1, 0.15) is 5.75 Å².